The highest BCUT2D eigenvalue weighted by Crippen LogP contribution is 2.35. The van der Waals surface area contributed by atoms with Gasteiger partial charge in [0.15, 0.2) is 0 Å². The third-order valence-corrected chi connectivity index (χ3v) is 11.7. The van der Waals surface area contributed by atoms with Crippen molar-refractivity contribution in [2.45, 2.75) is 88.1 Å². The topological polar surface area (TPSA) is 123 Å². The minimum absolute atomic E-state index is 0.0269. The summed E-state index contributed by atoms with van der Waals surface area (Å²) in [6.07, 6.45) is 12.0. The summed E-state index contributed by atoms with van der Waals surface area (Å²) in [6.45, 7) is 2.25. The number of aromatic nitrogens is 1. The number of nitrogens with zero attached hydrogens (tertiary/aromatic N) is 3. The number of carbonyl (C=O) groups is 3. The van der Waals surface area contributed by atoms with Crippen molar-refractivity contribution in [3.8, 4) is 0 Å². The van der Waals surface area contributed by atoms with E-state index in [0.29, 0.717) is 72.3 Å². The van der Waals surface area contributed by atoms with Gasteiger partial charge in [0.05, 0.1) is 60.1 Å². The van der Waals surface area contributed by atoms with Gasteiger partial charge in [0.1, 0.15) is 0 Å². The van der Waals surface area contributed by atoms with Crippen molar-refractivity contribution in [1.29, 1.82) is 0 Å². The lowest BCUT2D eigenvalue weighted by atomic mass is 9.87. The second-order valence-corrected chi connectivity index (χ2v) is 15.0. The number of hydrogen-bond donors (Lipinski definition) is 2. The largest absolute Gasteiger partial charge is 0.481 e. The number of aryl methyl sites for hydroxylation is 1. The number of anilines is 1. The van der Waals surface area contributed by atoms with Gasteiger partial charge in [-0.05, 0) is 69.1 Å². The molecular formula is C37H48Cl2N4O7. The molecule has 0 spiro atoms. The van der Waals surface area contributed by atoms with Crippen LogP contribution in [0.25, 0.3) is 6.08 Å². The van der Waals surface area contributed by atoms with Gasteiger partial charge < -0.3 is 34.1 Å². The first-order chi connectivity index (χ1) is 24.1. The Balaban J connectivity index is 1.15. The van der Waals surface area contributed by atoms with Crippen molar-refractivity contribution in [3.63, 3.8) is 0 Å². The molecule has 13 heteroatoms. The highest BCUT2D eigenvalue weighted by Gasteiger charge is 2.44. The maximum atomic E-state index is 14.1. The summed E-state index contributed by atoms with van der Waals surface area (Å²) in [4.78, 5) is 43.2. The number of carboxylic acid groups (broad SMARTS) is 1. The minimum Gasteiger partial charge on any atom is -0.481 e. The fourth-order valence-corrected chi connectivity index (χ4v) is 8.71. The van der Waals surface area contributed by atoms with Crippen molar-refractivity contribution >= 4 is 52.7 Å². The number of halogens is 2. The molecule has 0 bridgehead atoms. The Bertz CT molecular complexity index is 1600. The third kappa shape index (κ3) is 8.08. The number of carbonyl (C=O) groups excluding carboxylic acids is 2. The van der Waals surface area contributed by atoms with Crippen LogP contribution in [0.15, 0.2) is 24.4 Å². The van der Waals surface area contributed by atoms with Crippen LogP contribution in [0.1, 0.15) is 72.1 Å². The van der Waals surface area contributed by atoms with E-state index in [4.69, 9.17) is 37.4 Å². The van der Waals surface area contributed by atoms with Gasteiger partial charge in [0, 0.05) is 68.9 Å². The minimum atomic E-state index is -0.745. The molecule has 2 N–H and O–H groups in total. The quantitative estimate of drug-likeness (QED) is 0.296. The number of allylic oxidation sites excluding steroid dienone is 1. The van der Waals surface area contributed by atoms with Crippen LogP contribution in [0.2, 0.25) is 10.0 Å². The van der Waals surface area contributed by atoms with E-state index in [0.717, 1.165) is 43.5 Å². The van der Waals surface area contributed by atoms with Crippen LogP contribution in [0.4, 0.5) is 5.69 Å². The van der Waals surface area contributed by atoms with Gasteiger partial charge in [-0.3, -0.25) is 19.3 Å². The fraction of sp³-hybridized carbons (Fsp3) is 0.595. The number of fused-ring (bicyclic) bond motifs is 1. The molecule has 3 heterocycles. The predicted octanol–water partition coefficient (Wildman–Crippen LogP) is 5.45. The average Bonchev–Trinajstić information content (AvgIpc) is 3.81. The number of nitrogens with one attached hydrogen (secondary N) is 1. The van der Waals surface area contributed by atoms with E-state index >= 15 is 0 Å². The van der Waals surface area contributed by atoms with Crippen molar-refractivity contribution < 1.29 is 33.7 Å². The Hall–Kier alpha value is -2.93. The predicted molar refractivity (Wildman–Crippen MR) is 192 cm³/mol. The van der Waals surface area contributed by atoms with Crippen LogP contribution >= 0.6 is 23.2 Å². The average molecular weight is 732 g/mol. The monoisotopic (exact) mass is 730 g/mol. The molecule has 3 fully saturated rings. The molecule has 2 aliphatic carbocycles. The van der Waals surface area contributed by atoms with Crippen LogP contribution in [0.5, 0.6) is 0 Å². The summed E-state index contributed by atoms with van der Waals surface area (Å²) in [5.74, 6) is -1.42. The Kier molecular flexibility index (Phi) is 11.9. The van der Waals surface area contributed by atoms with Crippen LogP contribution in [-0.4, -0.2) is 108 Å². The number of carboxylic acids is 1. The number of ether oxygens (including phenoxy) is 3. The molecule has 11 nitrogen and oxygen atoms in total. The summed E-state index contributed by atoms with van der Waals surface area (Å²) in [5, 5.41) is 13.0. The zero-order chi connectivity index (χ0) is 35.5. The van der Waals surface area contributed by atoms with Gasteiger partial charge in [0.25, 0.3) is 5.91 Å². The van der Waals surface area contributed by atoms with Gasteiger partial charge in [-0.25, -0.2) is 0 Å². The Morgan fingerprint density at radius 3 is 2.48 bits per heavy atom. The maximum Gasteiger partial charge on any atom is 0.306 e. The van der Waals surface area contributed by atoms with E-state index in [2.05, 4.69) is 16.3 Å². The molecule has 1 saturated carbocycles. The highest BCUT2D eigenvalue weighted by atomic mass is 35.5. The number of likely N-dealkylation sites (tertiary alicyclic amines) is 2. The molecule has 0 unspecified atom stereocenters. The maximum absolute atomic E-state index is 14.1. The zero-order valence-electron chi connectivity index (χ0n) is 29.0. The first-order valence-electron chi connectivity index (χ1n) is 17.6. The molecule has 50 heavy (non-hydrogen) atoms. The van der Waals surface area contributed by atoms with Gasteiger partial charge in [-0.15, -0.1) is 0 Å². The first kappa shape index (κ1) is 36.8. The molecule has 1 aromatic heterocycles. The van der Waals surface area contributed by atoms with Crippen LogP contribution in [-0.2, 0) is 43.7 Å². The molecule has 2 aromatic rings. The fourth-order valence-electron chi connectivity index (χ4n) is 8.25. The molecule has 2 saturated heterocycles. The van der Waals surface area contributed by atoms with Crippen molar-refractivity contribution in [3.05, 3.63) is 56.8 Å². The summed E-state index contributed by atoms with van der Waals surface area (Å²) in [6, 6.07) is 3.40. The van der Waals surface area contributed by atoms with E-state index in [1.54, 1.807) is 26.4 Å². The van der Waals surface area contributed by atoms with E-state index in [1.165, 1.54) is 0 Å². The smallest absolute Gasteiger partial charge is 0.306 e. The van der Waals surface area contributed by atoms with Crippen molar-refractivity contribution in [1.82, 2.24) is 14.4 Å². The van der Waals surface area contributed by atoms with Crippen LogP contribution in [0.3, 0.4) is 0 Å². The number of benzene rings is 1. The molecule has 4 aliphatic rings. The van der Waals surface area contributed by atoms with Gasteiger partial charge in [-0.1, -0.05) is 35.4 Å². The van der Waals surface area contributed by atoms with E-state index < -0.39 is 5.97 Å². The second kappa shape index (κ2) is 16.2. The number of rotatable bonds is 12. The molecule has 6 rings (SSSR count). The molecule has 0 radical (unpaired) electrons. The van der Waals surface area contributed by atoms with Crippen LogP contribution < -0.4 is 5.32 Å². The highest BCUT2D eigenvalue weighted by molar-refractivity contribution is 6.36. The number of methoxy groups -OCH3 is 2. The Labute approximate surface area is 303 Å². The lowest BCUT2D eigenvalue weighted by Crippen LogP contribution is -2.44. The Morgan fingerprint density at radius 1 is 0.980 bits per heavy atom. The van der Waals surface area contributed by atoms with Crippen molar-refractivity contribution in [2.24, 2.45) is 13.0 Å². The lowest BCUT2D eigenvalue weighted by molar-refractivity contribution is -0.144. The normalized spacial score (nSPS) is 26.7. The summed E-state index contributed by atoms with van der Waals surface area (Å²) in [5.41, 5.74) is 3.56. The molecular weight excluding hydrogens is 683 g/mol. The van der Waals surface area contributed by atoms with E-state index in [9.17, 15) is 19.5 Å². The Morgan fingerprint density at radius 2 is 1.76 bits per heavy atom. The number of aliphatic carboxylic acids is 1. The summed E-state index contributed by atoms with van der Waals surface area (Å²) < 4.78 is 19.6. The molecule has 4 atom stereocenters. The number of hydrogen-bond acceptors (Lipinski definition) is 7. The number of amides is 2. The van der Waals surface area contributed by atoms with Gasteiger partial charge in [0.2, 0.25) is 5.91 Å². The molecule has 2 amide bonds. The molecule has 1 aromatic carbocycles. The lowest BCUT2D eigenvalue weighted by Gasteiger charge is -2.30. The van der Waals surface area contributed by atoms with E-state index in [1.807, 2.05) is 28.8 Å². The van der Waals surface area contributed by atoms with Gasteiger partial charge >= 0.3 is 5.97 Å². The van der Waals surface area contributed by atoms with Crippen molar-refractivity contribution in [2.75, 3.05) is 45.8 Å². The van der Waals surface area contributed by atoms with E-state index in [-0.39, 0.29) is 54.5 Å². The molecule has 2 aliphatic heterocycles. The standard InChI is InChI=1S/C37H48Cl2N4O7/c1-41-19-30(29-6-4-5-7-34(29)41)36(45)40-33-16-31(38)23(12-32(33)39)13-35(44)43-17-24(42-18-28(49-3)15-26(42)20-48-2)14-25(43)21-50-27-10-8-22(9-11-27)37(46)47/h4,6,12,16,19,22,24-28H,5,7-11,13-15,17-18,20-21H2,1-3H3,(H,40,45)(H,46,47)/t22-,24-,25-,26-,27-,28-/m0/s1. The third-order valence-electron chi connectivity index (χ3n) is 11.0. The second-order valence-electron chi connectivity index (χ2n) is 14.1. The SMILES string of the molecule is COC[C@@H]1C[C@H](OC)CN1[C@H]1C[C@@H](CO[C@H]2CC[C@H](C(=O)O)CC2)N(C(=O)Cc2cc(Cl)c(NC(=O)c3cn(C)c4c3C=CCC4)cc2Cl)C1. The van der Waals surface area contributed by atoms with Gasteiger partial charge in [-0.2, -0.15) is 0 Å². The first-order valence-corrected chi connectivity index (χ1v) is 18.4. The van der Waals surface area contributed by atoms with Crippen LogP contribution in [0, 0.1) is 5.92 Å². The zero-order valence-corrected chi connectivity index (χ0v) is 30.5. The summed E-state index contributed by atoms with van der Waals surface area (Å²) >= 11 is 13.5. The summed E-state index contributed by atoms with van der Waals surface area (Å²) in [7, 11) is 5.38. The molecule has 272 valence electrons.